The number of carbonyl (C=O) groups is 2. The van der Waals surface area contributed by atoms with E-state index in [1.165, 1.54) is 0 Å². The summed E-state index contributed by atoms with van der Waals surface area (Å²) in [6.07, 6.45) is 8.15. The van der Waals surface area contributed by atoms with E-state index in [1.54, 1.807) is 26.4 Å². The molecule has 0 saturated heterocycles. The van der Waals surface area contributed by atoms with E-state index in [9.17, 15) is 19.8 Å². The minimum absolute atomic E-state index is 0.00507. The highest BCUT2D eigenvalue weighted by Gasteiger charge is 2.54. The van der Waals surface area contributed by atoms with Gasteiger partial charge < -0.3 is 19.7 Å². The van der Waals surface area contributed by atoms with Crippen LogP contribution < -0.4 is 9.47 Å². The summed E-state index contributed by atoms with van der Waals surface area (Å²) in [7, 11) is 3.27. The molecule has 0 spiro atoms. The van der Waals surface area contributed by atoms with Crippen LogP contribution >= 0.6 is 0 Å². The van der Waals surface area contributed by atoms with Gasteiger partial charge in [-0.3, -0.25) is 9.59 Å². The van der Waals surface area contributed by atoms with Crippen LogP contribution in [0.25, 0.3) is 11.1 Å². The number of aliphatic hydroxyl groups excluding tert-OH is 2. The number of aliphatic hydroxyl groups is 2. The van der Waals surface area contributed by atoms with Crippen molar-refractivity contribution in [1.82, 2.24) is 0 Å². The Morgan fingerprint density at radius 1 is 0.554 bits per heavy atom. The number of ketones is 2. The third-order valence-corrected chi connectivity index (χ3v) is 12.4. The molecule has 0 bridgehead atoms. The lowest BCUT2D eigenvalue weighted by molar-refractivity contribution is -0.122. The molecule has 0 aliphatic heterocycles. The number of hydrogen-bond donors (Lipinski definition) is 2. The number of benzene rings is 4. The Morgan fingerprint density at radius 3 is 1.25 bits per heavy atom. The average Bonchev–Trinajstić information content (AvgIpc) is 3.20. The molecule has 6 nitrogen and oxygen atoms in total. The van der Waals surface area contributed by atoms with Crippen molar-refractivity contribution in [3.63, 3.8) is 0 Å². The molecular weight excluding hydrogens is 697 g/mol. The van der Waals surface area contributed by atoms with Crippen molar-refractivity contribution >= 4 is 22.7 Å². The fourth-order valence-corrected chi connectivity index (χ4v) is 9.48. The first-order valence-corrected chi connectivity index (χ1v) is 18.8. The molecule has 284 valence electrons. The second kappa shape index (κ2) is 13.9. The summed E-state index contributed by atoms with van der Waals surface area (Å²) in [5.41, 5.74) is 5.41. The Bertz CT molecular complexity index is 2260. The number of carbonyl (C=O) groups excluding carboxylic acids is 2. The Kier molecular flexibility index (Phi) is 9.44. The SMILES string of the molecule is C=C1C(O)=C2C(C)(Cc3ccccc3)C(=O)C=CC2(C)c2cc(OC)ccc21.C=C1C(O)=C2[C@](C)(Cc3ccccc3)C(=O)C=C[C@]2(C)c2cc(OC)ccc21. The fourth-order valence-electron chi connectivity index (χ4n) is 9.48. The zero-order chi connectivity index (χ0) is 40.2. The molecule has 0 saturated carbocycles. The highest BCUT2D eigenvalue weighted by molar-refractivity contribution is 6.03. The van der Waals surface area contributed by atoms with Crippen LogP contribution in [0, 0.1) is 10.8 Å². The van der Waals surface area contributed by atoms with Crippen molar-refractivity contribution < 1.29 is 29.3 Å². The molecule has 56 heavy (non-hydrogen) atoms. The van der Waals surface area contributed by atoms with E-state index < -0.39 is 21.7 Å². The van der Waals surface area contributed by atoms with Gasteiger partial charge in [0.25, 0.3) is 0 Å². The fraction of sp³-hybridized carbons (Fsp3) is 0.240. The molecule has 4 atom stereocenters. The van der Waals surface area contributed by atoms with Crippen molar-refractivity contribution in [1.29, 1.82) is 0 Å². The van der Waals surface area contributed by atoms with Crippen LogP contribution in [0.5, 0.6) is 11.5 Å². The molecular formula is C50H48O6. The van der Waals surface area contributed by atoms with Gasteiger partial charge in [0.1, 0.15) is 23.0 Å². The van der Waals surface area contributed by atoms with Gasteiger partial charge in [0, 0.05) is 33.1 Å². The van der Waals surface area contributed by atoms with E-state index in [0.717, 1.165) is 44.9 Å². The molecule has 0 aromatic heterocycles. The van der Waals surface area contributed by atoms with Crippen molar-refractivity contribution in [2.24, 2.45) is 10.8 Å². The summed E-state index contributed by atoms with van der Waals surface area (Å²) in [5, 5.41) is 22.4. The van der Waals surface area contributed by atoms with Gasteiger partial charge in [-0.2, -0.15) is 0 Å². The zero-order valence-corrected chi connectivity index (χ0v) is 32.9. The minimum atomic E-state index is -0.862. The highest BCUT2D eigenvalue weighted by Crippen LogP contribution is 2.57. The van der Waals surface area contributed by atoms with E-state index in [0.29, 0.717) is 35.1 Å². The van der Waals surface area contributed by atoms with Crippen LogP contribution in [-0.4, -0.2) is 36.0 Å². The average molecular weight is 745 g/mol. The number of ether oxygens (including phenoxy) is 2. The summed E-state index contributed by atoms with van der Waals surface area (Å²) in [6.45, 7) is 16.2. The van der Waals surface area contributed by atoms with Crippen LogP contribution in [0.3, 0.4) is 0 Å². The maximum absolute atomic E-state index is 13.1. The van der Waals surface area contributed by atoms with Gasteiger partial charge in [0.2, 0.25) is 0 Å². The first-order valence-electron chi connectivity index (χ1n) is 18.8. The first kappa shape index (κ1) is 38.1. The van der Waals surface area contributed by atoms with Gasteiger partial charge >= 0.3 is 0 Å². The standard InChI is InChI=1S/2C25H24O3/c2*1-16-19-11-10-18(28-4)14-20(19)24(2)13-12-21(26)25(3,23(24)22(16)27)15-17-8-6-5-7-9-17/h2*5-14,27H,1,15H2,2-4H3/t24-,25-;/m1./s1. The Labute approximate surface area is 329 Å². The van der Waals surface area contributed by atoms with Gasteiger partial charge in [0.15, 0.2) is 11.6 Å². The van der Waals surface area contributed by atoms with E-state index in [-0.39, 0.29) is 23.1 Å². The molecule has 6 heteroatoms. The monoisotopic (exact) mass is 744 g/mol. The van der Waals surface area contributed by atoms with Gasteiger partial charge in [-0.25, -0.2) is 0 Å². The molecule has 0 fully saturated rings. The largest absolute Gasteiger partial charge is 0.507 e. The molecule has 2 N–H and O–H groups in total. The number of rotatable bonds is 6. The quantitative estimate of drug-likeness (QED) is 0.204. The number of hydrogen-bond acceptors (Lipinski definition) is 6. The number of fused-ring (bicyclic) bond motifs is 6. The summed E-state index contributed by atoms with van der Waals surface area (Å²) in [4.78, 5) is 26.2. The number of methoxy groups -OCH3 is 2. The Balaban J connectivity index is 0.000000172. The van der Waals surface area contributed by atoms with Crippen molar-refractivity contribution in [3.05, 3.63) is 191 Å². The van der Waals surface area contributed by atoms with Crippen LogP contribution in [0.1, 0.15) is 61.1 Å². The molecule has 4 aliphatic carbocycles. The van der Waals surface area contributed by atoms with Gasteiger partial charge in [-0.15, -0.1) is 0 Å². The second-order valence-corrected chi connectivity index (χ2v) is 16.0. The van der Waals surface area contributed by atoms with Gasteiger partial charge in [-0.05, 0) is 110 Å². The first-order chi connectivity index (χ1) is 26.6. The van der Waals surface area contributed by atoms with E-state index in [1.807, 2.05) is 123 Å². The van der Waals surface area contributed by atoms with Crippen molar-refractivity contribution in [3.8, 4) is 11.5 Å². The Hall–Kier alpha value is -6.14. The van der Waals surface area contributed by atoms with E-state index in [4.69, 9.17) is 9.47 Å². The topological polar surface area (TPSA) is 93.1 Å². The summed E-state index contributed by atoms with van der Waals surface area (Å²) >= 11 is 0. The lowest BCUT2D eigenvalue weighted by atomic mass is 9.55. The lowest BCUT2D eigenvalue weighted by Gasteiger charge is -2.47. The van der Waals surface area contributed by atoms with E-state index >= 15 is 0 Å². The van der Waals surface area contributed by atoms with E-state index in [2.05, 4.69) is 27.0 Å². The summed E-state index contributed by atoms with van der Waals surface area (Å²) in [5.74, 6) is 1.71. The lowest BCUT2D eigenvalue weighted by Crippen LogP contribution is -2.46. The van der Waals surface area contributed by atoms with Crippen LogP contribution in [0.4, 0.5) is 0 Å². The normalized spacial score (nSPS) is 26.1. The smallest absolute Gasteiger partial charge is 0.165 e. The second-order valence-electron chi connectivity index (χ2n) is 16.0. The molecule has 4 aromatic rings. The minimum Gasteiger partial charge on any atom is -0.507 e. The third-order valence-electron chi connectivity index (χ3n) is 12.4. The zero-order valence-electron chi connectivity index (χ0n) is 32.9. The van der Waals surface area contributed by atoms with Crippen molar-refractivity contribution in [2.45, 2.75) is 51.4 Å². The molecule has 4 aromatic carbocycles. The van der Waals surface area contributed by atoms with Gasteiger partial charge in [-0.1, -0.05) is 98.1 Å². The maximum Gasteiger partial charge on any atom is 0.165 e. The molecule has 0 amide bonds. The molecule has 0 radical (unpaired) electrons. The summed E-state index contributed by atoms with van der Waals surface area (Å²) < 4.78 is 10.9. The van der Waals surface area contributed by atoms with Crippen LogP contribution in [0.2, 0.25) is 0 Å². The van der Waals surface area contributed by atoms with Gasteiger partial charge in [0.05, 0.1) is 25.0 Å². The Morgan fingerprint density at radius 2 is 0.911 bits per heavy atom. The highest BCUT2D eigenvalue weighted by atomic mass is 16.5. The molecule has 2 unspecified atom stereocenters. The van der Waals surface area contributed by atoms with Crippen LogP contribution in [0.15, 0.2) is 157 Å². The van der Waals surface area contributed by atoms with Crippen LogP contribution in [-0.2, 0) is 33.3 Å². The predicted octanol–water partition coefficient (Wildman–Crippen LogP) is 10.4. The third kappa shape index (κ3) is 5.87. The molecule has 8 rings (SSSR count). The van der Waals surface area contributed by atoms with Crippen molar-refractivity contribution in [2.75, 3.05) is 14.2 Å². The maximum atomic E-state index is 13.1. The predicted molar refractivity (Wildman–Crippen MR) is 223 cm³/mol. The number of allylic oxidation sites excluding steroid dienone is 8. The molecule has 0 heterocycles. The molecule has 4 aliphatic rings. The summed E-state index contributed by atoms with van der Waals surface area (Å²) in [6, 6.07) is 31.4.